The van der Waals surface area contributed by atoms with Gasteiger partial charge in [-0.15, -0.1) is 0 Å². The van der Waals surface area contributed by atoms with Crippen molar-refractivity contribution in [2.75, 3.05) is 0 Å². The highest BCUT2D eigenvalue weighted by molar-refractivity contribution is 9.10. The van der Waals surface area contributed by atoms with E-state index in [-0.39, 0.29) is 5.92 Å². The molecule has 68 valence electrons. The van der Waals surface area contributed by atoms with E-state index in [1.165, 1.54) is 11.1 Å². The fourth-order valence-electron chi connectivity index (χ4n) is 1.76. The van der Waals surface area contributed by atoms with E-state index in [0.29, 0.717) is 12.2 Å². The smallest absolute Gasteiger partial charge is 0.140 e. The number of fused-ring (bicyclic) bond motifs is 1. The van der Waals surface area contributed by atoms with Crippen LogP contribution in [-0.2, 0) is 17.6 Å². The average Bonchev–Trinajstić information content (AvgIpc) is 2.08. The fourth-order valence-corrected chi connectivity index (χ4v) is 2.17. The van der Waals surface area contributed by atoms with Crippen LogP contribution in [-0.4, -0.2) is 5.78 Å². The molecule has 0 aliphatic heterocycles. The van der Waals surface area contributed by atoms with Gasteiger partial charge in [-0.05, 0) is 29.7 Å². The maximum atomic E-state index is 11.4. The molecule has 13 heavy (non-hydrogen) atoms. The lowest BCUT2D eigenvalue weighted by Gasteiger charge is -2.20. The third kappa shape index (κ3) is 1.68. The van der Waals surface area contributed by atoms with Gasteiger partial charge in [0.05, 0.1) is 0 Å². The first-order chi connectivity index (χ1) is 6.16. The van der Waals surface area contributed by atoms with Crippen LogP contribution >= 0.6 is 15.9 Å². The zero-order valence-corrected chi connectivity index (χ0v) is 9.10. The number of hydrogen-bond donors (Lipinski definition) is 0. The summed E-state index contributed by atoms with van der Waals surface area (Å²) in [5.41, 5.74) is 2.52. The minimum Gasteiger partial charge on any atom is -0.299 e. The molecular weight excluding hydrogens is 228 g/mol. The van der Waals surface area contributed by atoms with Crippen LogP contribution in [0.2, 0.25) is 0 Å². The van der Waals surface area contributed by atoms with Gasteiger partial charge < -0.3 is 0 Å². The molecule has 0 saturated carbocycles. The Kier molecular flexibility index (Phi) is 2.24. The Morgan fingerprint density at radius 1 is 1.38 bits per heavy atom. The Morgan fingerprint density at radius 3 is 2.92 bits per heavy atom. The Hall–Kier alpha value is -0.630. The van der Waals surface area contributed by atoms with E-state index in [2.05, 4.69) is 22.0 Å². The molecule has 0 aromatic heterocycles. The number of Topliss-reactive ketones (excluding diaryl/α,β-unsaturated/α-hetero) is 1. The Balaban J connectivity index is 2.42. The summed E-state index contributed by atoms with van der Waals surface area (Å²) in [6.45, 7) is 2.01. The topological polar surface area (TPSA) is 17.1 Å². The lowest BCUT2D eigenvalue weighted by atomic mass is 9.84. The van der Waals surface area contributed by atoms with Gasteiger partial charge in [-0.1, -0.05) is 28.9 Å². The molecule has 1 aliphatic rings. The molecule has 0 spiro atoms. The highest BCUT2D eigenvalue weighted by Crippen LogP contribution is 2.25. The SMILES string of the molecule is CC1Cc2cc(Br)ccc2CC1=O. The van der Waals surface area contributed by atoms with Crippen LogP contribution in [0.15, 0.2) is 22.7 Å². The van der Waals surface area contributed by atoms with Crippen LogP contribution in [0.3, 0.4) is 0 Å². The molecule has 0 bridgehead atoms. The molecule has 0 amide bonds. The highest BCUT2D eigenvalue weighted by atomic mass is 79.9. The summed E-state index contributed by atoms with van der Waals surface area (Å²) in [7, 11) is 0. The van der Waals surface area contributed by atoms with Gasteiger partial charge in [-0.25, -0.2) is 0 Å². The van der Waals surface area contributed by atoms with Gasteiger partial charge in [0.15, 0.2) is 0 Å². The molecule has 0 radical (unpaired) electrons. The third-order valence-electron chi connectivity index (χ3n) is 2.61. The molecule has 0 fully saturated rings. The summed E-state index contributed by atoms with van der Waals surface area (Å²) in [4.78, 5) is 11.4. The molecule has 1 aromatic carbocycles. The van der Waals surface area contributed by atoms with E-state index in [1.807, 2.05) is 19.1 Å². The van der Waals surface area contributed by atoms with E-state index in [4.69, 9.17) is 0 Å². The molecule has 0 heterocycles. The number of rotatable bonds is 0. The molecular formula is C11H11BrO. The van der Waals surface area contributed by atoms with Crippen molar-refractivity contribution in [3.8, 4) is 0 Å². The zero-order chi connectivity index (χ0) is 9.42. The van der Waals surface area contributed by atoms with E-state index >= 15 is 0 Å². The second-order valence-corrected chi connectivity index (χ2v) is 4.58. The van der Waals surface area contributed by atoms with Crippen LogP contribution in [0.1, 0.15) is 18.1 Å². The highest BCUT2D eigenvalue weighted by Gasteiger charge is 2.22. The first-order valence-corrected chi connectivity index (χ1v) is 5.26. The Morgan fingerprint density at radius 2 is 2.15 bits per heavy atom. The number of carbonyl (C=O) groups excluding carboxylic acids is 1. The van der Waals surface area contributed by atoms with Gasteiger partial charge in [0.25, 0.3) is 0 Å². The Bertz CT molecular complexity index is 357. The van der Waals surface area contributed by atoms with E-state index in [9.17, 15) is 4.79 Å². The van der Waals surface area contributed by atoms with Crippen LogP contribution in [0, 0.1) is 5.92 Å². The molecule has 1 atom stereocenters. The maximum Gasteiger partial charge on any atom is 0.140 e. The predicted octanol–water partition coefficient (Wildman–Crippen LogP) is 2.75. The first kappa shape index (κ1) is 8.95. The van der Waals surface area contributed by atoms with Crippen molar-refractivity contribution in [2.24, 2.45) is 5.92 Å². The van der Waals surface area contributed by atoms with Gasteiger partial charge in [0, 0.05) is 16.8 Å². The standard InChI is InChI=1S/C11H11BrO/c1-7-4-9-5-10(12)3-2-8(9)6-11(7)13/h2-3,5,7H,4,6H2,1H3. The van der Waals surface area contributed by atoms with Crippen LogP contribution < -0.4 is 0 Å². The molecule has 1 unspecified atom stereocenters. The molecule has 2 heteroatoms. The van der Waals surface area contributed by atoms with Crippen molar-refractivity contribution in [3.63, 3.8) is 0 Å². The van der Waals surface area contributed by atoms with Crippen molar-refractivity contribution in [3.05, 3.63) is 33.8 Å². The molecule has 0 saturated heterocycles. The number of hydrogen-bond acceptors (Lipinski definition) is 1. The summed E-state index contributed by atoms with van der Waals surface area (Å²) < 4.78 is 1.10. The van der Waals surface area contributed by atoms with Gasteiger partial charge in [-0.3, -0.25) is 4.79 Å². The second kappa shape index (κ2) is 3.26. The molecule has 0 N–H and O–H groups in total. The number of ketones is 1. The summed E-state index contributed by atoms with van der Waals surface area (Å²) in [5.74, 6) is 0.566. The fraction of sp³-hybridized carbons (Fsp3) is 0.364. The van der Waals surface area contributed by atoms with Crippen molar-refractivity contribution in [1.29, 1.82) is 0 Å². The number of halogens is 1. The first-order valence-electron chi connectivity index (χ1n) is 4.47. The van der Waals surface area contributed by atoms with Gasteiger partial charge >= 0.3 is 0 Å². The minimum absolute atomic E-state index is 0.196. The van der Waals surface area contributed by atoms with Gasteiger partial charge in [-0.2, -0.15) is 0 Å². The lowest BCUT2D eigenvalue weighted by molar-refractivity contribution is -0.122. The monoisotopic (exact) mass is 238 g/mol. The third-order valence-corrected chi connectivity index (χ3v) is 3.10. The molecule has 2 rings (SSSR count). The Labute approximate surface area is 86.3 Å². The quantitative estimate of drug-likeness (QED) is 0.680. The number of benzene rings is 1. The largest absolute Gasteiger partial charge is 0.299 e. The average molecular weight is 239 g/mol. The molecule has 1 aromatic rings. The van der Waals surface area contributed by atoms with Crippen LogP contribution in [0.4, 0.5) is 0 Å². The minimum atomic E-state index is 0.196. The molecule has 1 aliphatic carbocycles. The maximum absolute atomic E-state index is 11.4. The predicted molar refractivity (Wildman–Crippen MR) is 55.7 cm³/mol. The lowest BCUT2D eigenvalue weighted by Crippen LogP contribution is -2.22. The van der Waals surface area contributed by atoms with Crippen LogP contribution in [0.25, 0.3) is 0 Å². The summed E-state index contributed by atoms with van der Waals surface area (Å²) in [6.07, 6.45) is 1.51. The van der Waals surface area contributed by atoms with Gasteiger partial charge in [0.1, 0.15) is 5.78 Å². The molecule has 1 nitrogen and oxygen atoms in total. The summed E-state index contributed by atoms with van der Waals surface area (Å²) >= 11 is 3.44. The van der Waals surface area contributed by atoms with Crippen molar-refractivity contribution < 1.29 is 4.79 Å². The second-order valence-electron chi connectivity index (χ2n) is 3.66. The van der Waals surface area contributed by atoms with Crippen LogP contribution in [0.5, 0.6) is 0 Å². The zero-order valence-electron chi connectivity index (χ0n) is 7.51. The van der Waals surface area contributed by atoms with Gasteiger partial charge in [0.2, 0.25) is 0 Å². The van der Waals surface area contributed by atoms with E-state index in [1.54, 1.807) is 0 Å². The normalized spacial score (nSPS) is 21.4. The van der Waals surface area contributed by atoms with Crippen molar-refractivity contribution >= 4 is 21.7 Å². The van der Waals surface area contributed by atoms with Crippen molar-refractivity contribution in [1.82, 2.24) is 0 Å². The van der Waals surface area contributed by atoms with E-state index in [0.717, 1.165) is 10.9 Å². The van der Waals surface area contributed by atoms with E-state index < -0.39 is 0 Å². The van der Waals surface area contributed by atoms with Crippen molar-refractivity contribution in [2.45, 2.75) is 19.8 Å². The summed E-state index contributed by atoms with van der Waals surface area (Å²) in [6, 6.07) is 6.17. The number of carbonyl (C=O) groups is 1. The summed E-state index contributed by atoms with van der Waals surface area (Å²) in [5, 5.41) is 0.